The van der Waals surface area contributed by atoms with Crippen LogP contribution in [0, 0.1) is 12.3 Å². The summed E-state index contributed by atoms with van der Waals surface area (Å²) < 4.78 is 11.2. The zero-order valence-electron chi connectivity index (χ0n) is 11.2. The maximum atomic E-state index is 10.7. The number of terminal acetylenes is 1. The van der Waals surface area contributed by atoms with Crippen molar-refractivity contribution < 1.29 is 19.4 Å². The summed E-state index contributed by atoms with van der Waals surface area (Å²) in [7, 11) is 0. The summed E-state index contributed by atoms with van der Waals surface area (Å²) in [6, 6.07) is 7.23. The number of carboxylic acids is 1. The number of hydrogen-bond donors (Lipinski definition) is 1. The van der Waals surface area contributed by atoms with Crippen LogP contribution in [0.3, 0.4) is 0 Å². The molecule has 1 fully saturated rings. The van der Waals surface area contributed by atoms with E-state index < -0.39 is 11.9 Å². The lowest BCUT2D eigenvalue weighted by Crippen LogP contribution is -2.24. The molecule has 1 aromatic rings. The lowest BCUT2D eigenvalue weighted by atomic mass is 9.97. The molecule has 1 aromatic carbocycles. The maximum absolute atomic E-state index is 10.7. The first-order chi connectivity index (χ1) is 9.69. The van der Waals surface area contributed by atoms with Gasteiger partial charge in [0, 0.05) is 6.42 Å². The van der Waals surface area contributed by atoms with Crippen molar-refractivity contribution in [1.82, 2.24) is 0 Å². The smallest absolute Gasteiger partial charge is 0.304 e. The van der Waals surface area contributed by atoms with Crippen LogP contribution in [0.4, 0.5) is 0 Å². The molecule has 4 nitrogen and oxygen atoms in total. The van der Waals surface area contributed by atoms with Gasteiger partial charge in [-0.1, -0.05) is 18.1 Å². The largest absolute Gasteiger partial charge is 0.481 e. The van der Waals surface area contributed by atoms with Crippen molar-refractivity contribution in [2.75, 3.05) is 6.61 Å². The van der Waals surface area contributed by atoms with Crippen molar-refractivity contribution in [2.24, 2.45) is 0 Å². The first-order valence-electron chi connectivity index (χ1n) is 6.75. The second kappa shape index (κ2) is 6.97. The number of hydrogen-bond acceptors (Lipinski definition) is 3. The fourth-order valence-corrected chi connectivity index (χ4v) is 2.18. The summed E-state index contributed by atoms with van der Waals surface area (Å²) in [6.45, 7) is 0.737. The lowest BCUT2D eigenvalue weighted by molar-refractivity contribution is -0.137. The highest BCUT2D eigenvalue weighted by Crippen LogP contribution is 2.24. The van der Waals surface area contributed by atoms with Crippen molar-refractivity contribution in [3.63, 3.8) is 0 Å². The second-order valence-corrected chi connectivity index (χ2v) is 4.80. The zero-order valence-corrected chi connectivity index (χ0v) is 11.2. The van der Waals surface area contributed by atoms with Crippen LogP contribution >= 0.6 is 0 Å². The van der Waals surface area contributed by atoms with Crippen molar-refractivity contribution in [3.8, 4) is 18.1 Å². The molecule has 1 saturated heterocycles. The summed E-state index contributed by atoms with van der Waals surface area (Å²) in [5.41, 5.74) is 0.812. The predicted molar refractivity (Wildman–Crippen MR) is 74.5 cm³/mol. The molecule has 0 aromatic heterocycles. The Bertz CT molecular complexity index is 480. The molecule has 1 aliphatic heterocycles. The fourth-order valence-electron chi connectivity index (χ4n) is 2.18. The molecule has 106 valence electrons. The fraction of sp³-hybridized carbons (Fsp3) is 0.438. The minimum Gasteiger partial charge on any atom is -0.481 e. The first kappa shape index (κ1) is 14.4. The topological polar surface area (TPSA) is 55.8 Å². The molecule has 0 amide bonds. The third-order valence-electron chi connectivity index (χ3n) is 3.27. The van der Waals surface area contributed by atoms with Crippen molar-refractivity contribution in [2.45, 2.75) is 37.9 Å². The Morgan fingerprint density at radius 3 is 2.75 bits per heavy atom. The van der Waals surface area contributed by atoms with Gasteiger partial charge >= 0.3 is 5.97 Å². The van der Waals surface area contributed by atoms with Crippen LogP contribution in [0.25, 0.3) is 0 Å². The normalized spacial score (nSPS) is 19.9. The summed E-state index contributed by atoms with van der Waals surface area (Å²) in [5, 5.41) is 8.81. The third-order valence-corrected chi connectivity index (χ3v) is 3.27. The van der Waals surface area contributed by atoms with E-state index in [0.717, 1.165) is 31.4 Å². The van der Waals surface area contributed by atoms with E-state index in [9.17, 15) is 4.79 Å². The maximum Gasteiger partial charge on any atom is 0.304 e. The summed E-state index contributed by atoms with van der Waals surface area (Å²) >= 11 is 0. The highest BCUT2D eigenvalue weighted by Gasteiger charge is 2.16. The molecule has 4 heteroatoms. The Labute approximate surface area is 118 Å². The summed E-state index contributed by atoms with van der Waals surface area (Å²) in [5.74, 6) is 1.91. The zero-order chi connectivity index (χ0) is 14.4. The van der Waals surface area contributed by atoms with Gasteiger partial charge in [0.25, 0.3) is 0 Å². The van der Waals surface area contributed by atoms with Gasteiger partial charge in [-0.05, 0) is 30.5 Å². The van der Waals surface area contributed by atoms with Crippen molar-refractivity contribution >= 4 is 5.97 Å². The van der Waals surface area contributed by atoms with Crippen LogP contribution < -0.4 is 4.74 Å². The van der Waals surface area contributed by atoms with E-state index in [2.05, 4.69) is 5.92 Å². The minimum absolute atomic E-state index is 0.0670. The van der Waals surface area contributed by atoms with Gasteiger partial charge in [-0.25, -0.2) is 0 Å². The van der Waals surface area contributed by atoms with E-state index >= 15 is 0 Å². The highest BCUT2D eigenvalue weighted by atomic mass is 16.7. The van der Waals surface area contributed by atoms with Crippen LogP contribution in [0.5, 0.6) is 5.75 Å². The highest BCUT2D eigenvalue weighted by molar-refractivity contribution is 5.68. The summed E-state index contributed by atoms with van der Waals surface area (Å²) in [6.07, 6.45) is 8.22. The molecule has 0 saturated carbocycles. The molecule has 1 unspecified atom stereocenters. The van der Waals surface area contributed by atoms with E-state index in [1.165, 1.54) is 0 Å². The van der Waals surface area contributed by atoms with Crippen LogP contribution in [0.2, 0.25) is 0 Å². The average molecular weight is 274 g/mol. The number of ether oxygens (including phenoxy) is 2. The Morgan fingerprint density at radius 1 is 1.45 bits per heavy atom. The number of aliphatic carboxylic acids is 1. The van der Waals surface area contributed by atoms with Gasteiger partial charge in [0.2, 0.25) is 0 Å². The van der Waals surface area contributed by atoms with Crippen molar-refractivity contribution in [3.05, 3.63) is 29.8 Å². The number of carboxylic acid groups (broad SMARTS) is 1. The monoisotopic (exact) mass is 274 g/mol. The van der Waals surface area contributed by atoms with E-state index in [1.54, 1.807) is 12.1 Å². The van der Waals surface area contributed by atoms with Crippen LogP contribution in [-0.4, -0.2) is 24.0 Å². The molecule has 1 aliphatic rings. The van der Waals surface area contributed by atoms with E-state index in [1.807, 2.05) is 12.1 Å². The first-order valence-corrected chi connectivity index (χ1v) is 6.75. The molecule has 0 aliphatic carbocycles. The van der Waals surface area contributed by atoms with Gasteiger partial charge in [-0.15, -0.1) is 6.42 Å². The molecular formula is C16H18O4. The van der Waals surface area contributed by atoms with E-state index in [4.69, 9.17) is 21.0 Å². The lowest BCUT2D eigenvalue weighted by Gasteiger charge is -2.23. The van der Waals surface area contributed by atoms with Gasteiger partial charge in [0.1, 0.15) is 5.75 Å². The molecule has 0 bridgehead atoms. The molecule has 2 atom stereocenters. The third kappa shape index (κ3) is 4.01. The Morgan fingerprint density at radius 2 is 2.20 bits per heavy atom. The van der Waals surface area contributed by atoms with Crippen LogP contribution in [0.15, 0.2) is 24.3 Å². The minimum atomic E-state index is -0.899. The molecule has 0 spiro atoms. The van der Waals surface area contributed by atoms with Gasteiger partial charge in [0.15, 0.2) is 6.29 Å². The number of benzene rings is 1. The second-order valence-electron chi connectivity index (χ2n) is 4.80. The van der Waals surface area contributed by atoms with Crippen molar-refractivity contribution in [1.29, 1.82) is 0 Å². The number of carbonyl (C=O) groups is 1. The Hall–Kier alpha value is -1.99. The van der Waals surface area contributed by atoms with E-state index in [0.29, 0.717) is 5.75 Å². The molecule has 1 N–H and O–H groups in total. The van der Waals surface area contributed by atoms with Gasteiger partial charge in [-0.2, -0.15) is 0 Å². The molecule has 0 radical (unpaired) electrons. The Balaban J connectivity index is 1.98. The van der Waals surface area contributed by atoms with Crippen LogP contribution in [-0.2, 0) is 9.53 Å². The van der Waals surface area contributed by atoms with Gasteiger partial charge in [-0.3, -0.25) is 4.79 Å². The molecule has 1 heterocycles. The quantitative estimate of drug-likeness (QED) is 0.839. The molecule has 20 heavy (non-hydrogen) atoms. The molecular weight excluding hydrogens is 256 g/mol. The average Bonchev–Trinajstić information content (AvgIpc) is 2.46. The van der Waals surface area contributed by atoms with Crippen LogP contribution in [0.1, 0.15) is 37.2 Å². The summed E-state index contributed by atoms with van der Waals surface area (Å²) in [4.78, 5) is 10.7. The predicted octanol–water partition coefficient (Wildman–Crippen LogP) is 2.78. The standard InChI is InChI=1S/C16H18O4/c1-2-12(11-15(17)18)13-6-8-14(9-7-13)20-16-5-3-4-10-19-16/h1,6-9,12,16H,3-5,10-11H2,(H,17,18)/t12-,16?/m1/s1. The SMILES string of the molecule is C#C[C@H](CC(=O)O)c1ccc(OC2CCCCO2)cc1. The van der Waals surface area contributed by atoms with Gasteiger partial charge in [0.05, 0.1) is 18.9 Å². The molecule has 2 rings (SSSR count). The van der Waals surface area contributed by atoms with E-state index in [-0.39, 0.29) is 12.7 Å². The number of rotatable bonds is 5. The Kier molecular flexibility index (Phi) is 5.03. The van der Waals surface area contributed by atoms with Gasteiger partial charge < -0.3 is 14.6 Å².